The molecule has 0 saturated carbocycles. The molecule has 1 unspecified atom stereocenters. The molecule has 1 aliphatic heterocycles. The van der Waals surface area contributed by atoms with Crippen molar-refractivity contribution in [1.29, 1.82) is 0 Å². The molecule has 2 N–H and O–H groups in total. The minimum absolute atomic E-state index is 0.176. The van der Waals surface area contributed by atoms with Crippen molar-refractivity contribution in [1.82, 2.24) is 14.9 Å². The zero-order valence-corrected chi connectivity index (χ0v) is 17.5. The van der Waals surface area contributed by atoms with E-state index >= 15 is 8.78 Å². The summed E-state index contributed by atoms with van der Waals surface area (Å²) in [5, 5.41) is 11.7. The molecule has 0 radical (unpaired) electrons. The van der Waals surface area contributed by atoms with Gasteiger partial charge in [0.05, 0.1) is 10.9 Å². The summed E-state index contributed by atoms with van der Waals surface area (Å²) in [7, 11) is 0. The van der Waals surface area contributed by atoms with Crippen molar-refractivity contribution >= 4 is 11.0 Å². The molecule has 1 aliphatic rings. The van der Waals surface area contributed by atoms with E-state index in [-0.39, 0.29) is 34.4 Å². The van der Waals surface area contributed by atoms with Crippen molar-refractivity contribution in [2.24, 2.45) is 11.8 Å². The highest BCUT2D eigenvalue weighted by atomic mass is 19.1. The zero-order chi connectivity index (χ0) is 21.8. The Bertz CT molecular complexity index is 1060. The van der Waals surface area contributed by atoms with E-state index in [0.717, 1.165) is 6.20 Å². The van der Waals surface area contributed by atoms with Crippen LogP contribution in [0.5, 0.6) is 0 Å². The van der Waals surface area contributed by atoms with Gasteiger partial charge in [-0.15, -0.1) is 0 Å². The van der Waals surface area contributed by atoms with E-state index in [9.17, 15) is 9.50 Å². The minimum atomic E-state index is -1.63. The standard InChI is InChI=1S/C23H26F3N3O/c1-12(2)29-10-13(3)23(30,14(4)11-29)21-17(24)7-15(8-18(21)25)16-5-6-27-22-20(16)19(26)9-28-22/h5-9,12-14,30H,10-11H2,1-4H3,(H,27,28)/t13-,14+,23?. The maximum Gasteiger partial charge on any atom is 0.150 e. The monoisotopic (exact) mass is 417 g/mol. The second-order valence-corrected chi connectivity index (χ2v) is 8.71. The van der Waals surface area contributed by atoms with E-state index in [1.54, 1.807) is 0 Å². The summed E-state index contributed by atoms with van der Waals surface area (Å²) in [6.07, 6.45) is 2.62. The maximum atomic E-state index is 15.3. The average molecular weight is 417 g/mol. The van der Waals surface area contributed by atoms with Gasteiger partial charge in [0.1, 0.15) is 22.9 Å². The Hall–Kier alpha value is -2.38. The Morgan fingerprint density at radius 2 is 1.70 bits per heavy atom. The molecule has 1 saturated heterocycles. The fourth-order valence-corrected chi connectivity index (χ4v) is 4.83. The molecule has 7 heteroatoms. The first kappa shape index (κ1) is 20.9. The molecule has 0 spiro atoms. The SMILES string of the molecule is CC(C)N1C[C@@H](C)C(O)(c2c(F)cc(-c3ccnc4[nH]cc(F)c34)cc2F)[C@@H](C)C1. The number of nitrogens with one attached hydrogen (secondary N) is 1. The number of hydrogen-bond donors (Lipinski definition) is 2. The third-order valence-electron chi connectivity index (χ3n) is 6.53. The lowest BCUT2D eigenvalue weighted by atomic mass is 9.70. The van der Waals surface area contributed by atoms with Gasteiger partial charge in [0, 0.05) is 43.4 Å². The second-order valence-electron chi connectivity index (χ2n) is 8.71. The molecule has 3 heterocycles. The molecule has 3 aromatic rings. The van der Waals surface area contributed by atoms with Crippen LogP contribution < -0.4 is 0 Å². The fourth-order valence-electron chi connectivity index (χ4n) is 4.83. The Kier molecular flexibility index (Phi) is 5.14. The van der Waals surface area contributed by atoms with Crippen LogP contribution in [-0.2, 0) is 5.60 Å². The molecular formula is C23H26F3N3O. The molecule has 30 heavy (non-hydrogen) atoms. The van der Waals surface area contributed by atoms with Crippen molar-refractivity contribution in [3.05, 3.63) is 53.6 Å². The van der Waals surface area contributed by atoms with Gasteiger partial charge in [-0.05, 0) is 43.2 Å². The number of nitrogens with zero attached hydrogens (tertiary/aromatic N) is 2. The molecule has 160 valence electrons. The van der Waals surface area contributed by atoms with Crippen molar-refractivity contribution in [2.75, 3.05) is 13.1 Å². The van der Waals surface area contributed by atoms with Gasteiger partial charge in [0.15, 0.2) is 5.82 Å². The fraction of sp³-hybridized carbons (Fsp3) is 0.435. The molecule has 1 aromatic carbocycles. The molecule has 4 rings (SSSR count). The van der Waals surface area contributed by atoms with Crippen LogP contribution in [0.1, 0.15) is 33.3 Å². The third kappa shape index (κ3) is 3.11. The molecule has 0 aliphatic carbocycles. The number of aromatic amines is 1. The minimum Gasteiger partial charge on any atom is -0.384 e. The molecule has 0 amide bonds. The summed E-state index contributed by atoms with van der Waals surface area (Å²) in [5.74, 6) is -2.93. The van der Waals surface area contributed by atoms with E-state index in [1.807, 2.05) is 13.8 Å². The topological polar surface area (TPSA) is 52.1 Å². The van der Waals surface area contributed by atoms with Crippen molar-refractivity contribution in [3.8, 4) is 11.1 Å². The van der Waals surface area contributed by atoms with E-state index < -0.39 is 23.1 Å². The van der Waals surface area contributed by atoms with Crippen molar-refractivity contribution in [2.45, 2.75) is 39.3 Å². The van der Waals surface area contributed by atoms with Crippen LogP contribution in [0.15, 0.2) is 30.6 Å². The quantitative estimate of drug-likeness (QED) is 0.642. The van der Waals surface area contributed by atoms with E-state index in [0.29, 0.717) is 24.3 Å². The second kappa shape index (κ2) is 7.39. The first-order valence-corrected chi connectivity index (χ1v) is 10.2. The first-order chi connectivity index (χ1) is 14.1. The van der Waals surface area contributed by atoms with Gasteiger partial charge in [-0.25, -0.2) is 18.2 Å². The molecule has 4 nitrogen and oxygen atoms in total. The van der Waals surface area contributed by atoms with Crippen LogP contribution in [0.3, 0.4) is 0 Å². The van der Waals surface area contributed by atoms with Gasteiger partial charge < -0.3 is 15.0 Å². The first-order valence-electron chi connectivity index (χ1n) is 10.2. The lowest BCUT2D eigenvalue weighted by Gasteiger charge is -2.49. The number of piperidine rings is 1. The predicted molar refractivity (Wildman–Crippen MR) is 110 cm³/mol. The lowest BCUT2D eigenvalue weighted by Crippen LogP contribution is -2.56. The molecular weight excluding hydrogens is 391 g/mol. The highest BCUT2D eigenvalue weighted by molar-refractivity contribution is 5.93. The number of benzene rings is 1. The largest absolute Gasteiger partial charge is 0.384 e. The number of aliphatic hydroxyl groups is 1. The molecule has 3 atom stereocenters. The molecule has 1 fully saturated rings. The van der Waals surface area contributed by atoms with Gasteiger partial charge in [0.25, 0.3) is 0 Å². The number of halogens is 3. The normalized spacial score (nSPS) is 25.4. The summed E-state index contributed by atoms with van der Waals surface area (Å²) in [6, 6.07) is 4.15. The predicted octanol–water partition coefficient (Wildman–Crippen LogP) is 4.83. The summed E-state index contributed by atoms with van der Waals surface area (Å²) in [6.45, 7) is 8.85. The number of hydrogen-bond acceptors (Lipinski definition) is 3. The molecule has 0 bridgehead atoms. The lowest BCUT2D eigenvalue weighted by molar-refractivity contribution is -0.121. The number of H-pyrrole nitrogens is 1. The number of fused-ring (bicyclic) bond motifs is 1. The van der Waals surface area contributed by atoms with Crippen LogP contribution in [0.2, 0.25) is 0 Å². The third-order valence-corrected chi connectivity index (χ3v) is 6.53. The number of pyridine rings is 1. The van der Waals surface area contributed by atoms with E-state index in [2.05, 4.69) is 28.7 Å². The highest BCUT2D eigenvalue weighted by Gasteiger charge is 2.49. The van der Waals surface area contributed by atoms with Gasteiger partial charge in [0.2, 0.25) is 0 Å². The van der Waals surface area contributed by atoms with Crippen LogP contribution in [0.4, 0.5) is 13.2 Å². The van der Waals surface area contributed by atoms with Gasteiger partial charge in [-0.3, -0.25) is 0 Å². The Labute approximate surface area is 173 Å². The smallest absolute Gasteiger partial charge is 0.150 e. The number of likely N-dealkylation sites (tertiary alicyclic amines) is 1. The number of rotatable bonds is 3. The Morgan fingerprint density at radius 3 is 2.27 bits per heavy atom. The van der Waals surface area contributed by atoms with Gasteiger partial charge >= 0.3 is 0 Å². The summed E-state index contributed by atoms with van der Waals surface area (Å²) in [4.78, 5) is 8.96. The zero-order valence-electron chi connectivity index (χ0n) is 17.5. The Morgan fingerprint density at radius 1 is 1.10 bits per heavy atom. The number of aromatic nitrogens is 2. The van der Waals surface area contributed by atoms with Crippen LogP contribution >= 0.6 is 0 Å². The highest BCUT2D eigenvalue weighted by Crippen LogP contribution is 2.45. The van der Waals surface area contributed by atoms with Gasteiger partial charge in [-0.2, -0.15) is 0 Å². The van der Waals surface area contributed by atoms with Crippen molar-refractivity contribution in [3.63, 3.8) is 0 Å². The summed E-state index contributed by atoms with van der Waals surface area (Å²) < 4.78 is 44.9. The van der Waals surface area contributed by atoms with Crippen LogP contribution in [0.25, 0.3) is 22.2 Å². The van der Waals surface area contributed by atoms with Crippen LogP contribution in [0, 0.1) is 29.3 Å². The summed E-state index contributed by atoms with van der Waals surface area (Å²) in [5.41, 5.74) is -1.11. The maximum absolute atomic E-state index is 15.3. The van der Waals surface area contributed by atoms with Gasteiger partial charge in [-0.1, -0.05) is 13.8 Å². The average Bonchev–Trinajstić information content (AvgIpc) is 3.06. The molecule has 2 aromatic heterocycles. The van der Waals surface area contributed by atoms with Crippen LogP contribution in [-0.4, -0.2) is 39.1 Å². The van der Waals surface area contributed by atoms with E-state index in [4.69, 9.17) is 0 Å². The van der Waals surface area contributed by atoms with E-state index in [1.165, 1.54) is 24.4 Å². The summed E-state index contributed by atoms with van der Waals surface area (Å²) >= 11 is 0. The Balaban J connectivity index is 1.81. The van der Waals surface area contributed by atoms with Crippen molar-refractivity contribution < 1.29 is 18.3 Å².